The van der Waals surface area contributed by atoms with Crippen LogP contribution in [-0.4, -0.2) is 35.9 Å². The molecule has 0 fully saturated rings. The Morgan fingerprint density at radius 3 is 1.70 bits per heavy atom. The number of aliphatic hydroxyl groups excluding tert-OH is 1. The van der Waals surface area contributed by atoms with Crippen molar-refractivity contribution in [1.29, 1.82) is 0 Å². The third-order valence-electron chi connectivity index (χ3n) is 5.04. The van der Waals surface area contributed by atoms with Crippen LogP contribution in [0.5, 0.6) is 0 Å². The number of benzene rings is 3. The number of ether oxygens (including phenoxy) is 3. The van der Waals surface area contributed by atoms with Crippen molar-refractivity contribution in [3.8, 4) is 0 Å². The molecule has 174 valence electrons. The molecule has 3 aromatic rings. The highest BCUT2D eigenvalue weighted by Gasteiger charge is 2.35. The lowest BCUT2D eigenvalue weighted by Crippen LogP contribution is -2.52. The van der Waals surface area contributed by atoms with Gasteiger partial charge in [0, 0.05) is 0 Å². The maximum Gasteiger partial charge on any atom is 0.265 e. The first kappa shape index (κ1) is 24.6. The van der Waals surface area contributed by atoms with E-state index in [2.05, 4.69) is 5.43 Å². The minimum Gasteiger partial charge on any atom is -0.388 e. The first-order valence-corrected chi connectivity index (χ1v) is 10.8. The van der Waals surface area contributed by atoms with Gasteiger partial charge < -0.3 is 19.3 Å². The van der Waals surface area contributed by atoms with Crippen molar-refractivity contribution in [2.45, 2.75) is 38.1 Å². The van der Waals surface area contributed by atoms with Crippen LogP contribution in [-0.2, 0) is 38.8 Å². The summed E-state index contributed by atoms with van der Waals surface area (Å²) >= 11 is 0. The Kier molecular flexibility index (Phi) is 10.0. The van der Waals surface area contributed by atoms with E-state index in [0.29, 0.717) is 6.61 Å². The SMILES string of the molecule is NNC(=O)[C@H](OCc1ccccc1)[C@H](OCc1ccccc1)[C@H](O)COCc1ccccc1. The lowest BCUT2D eigenvalue weighted by Gasteiger charge is -2.30. The van der Waals surface area contributed by atoms with Gasteiger partial charge in [-0.3, -0.25) is 10.2 Å². The summed E-state index contributed by atoms with van der Waals surface area (Å²) < 4.78 is 17.6. The zero-order chi connectivity index (χ0) is 23.3. The molecule has 0 saturated heterocycles. The lowest BCUT2D eigenvalue weighted by atomic mass is 10.1. The van der Waals surface area contributed by atoms with Gasteiger partial charge in [0.2, 0.25) is 0 Å². The van der Waals surface area contributed by atoms with Gasteiger partial charge in [-0.2, -0.15) is 0 Å². The molecule has 0 unspecified atom stereocenters. The zero-order valence-electron chi connectivity index (χ0n) is 18.4. The number of rotatable bonds is 13. The van der Waals surface area contributed by atoms with E-state index in [9.17, 15) is 9.90 Å². The molecule has 3 rings (SSSR count). The molecule has 7 heteroatoms. The Balaban J connectivity index is 1.70. The number of hydrogen-bond donors (Lipinski definition) is 3. The summed E-state index contributed by atoms with van der Waals surface area (Å²) in [7, 11) is 0. The second-order valence-corrected chi connectivity index (χ2v) is 7.56. The van der Waals surface area contributed by atoms with E-state index in [4.69, 9.17) is 20.1 Å². The standard InChI is InChI=1S/C26H30N2O5/c27-28-26(30)25(33-18-22-14-8-3-9-15-22)24(32-17-21-12-6-2-7-13-21)23(29)19-31-16-20-10-4-1-5-11-20/h1-15,23-25,29H,16-19,27H2,(H,28,30)/t23-,24-,25-/m1/s1. The maximum atomic E-state index is 12.6. The second kappa shape index (κ2) is 13.5. The molecule has 0 aliphatic rings. The highest BCUT2D eigenvalue weighted by Crippen LogP contribution is 2.16. The van der Waals surface area contributed by atoms with Crippen LogP contribution in [0.25, 0.3) is 0 Å². The monoisotopic (exact) mass is 450 g/mol. The molecule has 0 saturated carbocycles. The van der Waals surface area contributed by atoms with E-state index < -0.39 is 24.2 Å². The van der Waals surface area contributed by atoms with Crippen molar-refractivity contribution >= 4 is 5.91 Å². The minimum absolute atomic E-state index is 0.0442. The van der Waals surface area contributed by atoms with E-state index in [0.717, 1.165) is 16.7 Å². The van der Waals surface area contributed by atoms with Gasteiger partial charge in [0.05, 0.1) is 26.4 Å². The van der Waals surface area contributed by atoms with E-state index in [-0.39, 0.29) is 19.8 Å². The molecule has 0 radical (unpaired) electrons. The molecule has 0 aliphatic carbocycles. The molecule has 3 aromatic carbocycles. The van der Waals surface area contributed by atoms with Crippen molar-refractivity contribution in [1.82, 2.24) is 5.43 Å². The van der Waals surface area contributed by atoms with Gasteiger partial charge in [-0.05, 0) is 16.7 Å². The molecule has 0 bridgehead atoms. The Bertz CT molecular complexity index is 941. The van der Waals surface area contributed by atoms with Crippen LogP contribution in [0.1, 0.15) is 16.7 Å². The van der Waals surface area contributed by atoms with Gasteiger partial charge in [0.1, 0.15) is 12.2 Å². The van der Waals surface area contributed by atoms with Crippen LogP contribution >= 0.6 is 0 Å². The summed E-state index contributed by atoms with van der Waals surface area (Å²) in [5, 5.41) is 10.9. The molecule has 7 nitrogen and oxygen atoms in total. The molecule has 0 heterocycles. The maximum absolute atomic E-state index is 12.6. The number of hydrogen-bond acceptors (Lipinski definition) is 6. The van der Waals surface area contributed by atoms with E-state index in [1.807, 2.05) is 91.0 Å². The molecule has 0 spiro atoms. The van der Waals surface area contributed by atoms with Gasteiger partial charge >= 0.3 is 0 Å². The Hall–Kier alpha value is -3.07. The quantitative estimate of drug-likeness (QED) is 0.210. The average molecular weight is 451 g/mol. The van der Waals surface area contributed by atoms with Crippen LogP contribution in [0.15, 0.2) is 91.0 Å². The second-order valence-electron chi connectivity index (χ2n) is 7.56. The van der Waals surface area contributed by atoms with Gasteiger partial charge in [-0.15, -0.1) is 0 Å². The van der Waals surface area contributed by atoms with Gasteiger partial charge in [0.15, 0.2) is 6.10 Å². The van der Waals surface area contributed by atoms with Gasteiger partial charge in [-0.25, -0.2) is 5.84 Å². The predicted octanol–water partition coefficient (Wildman–Crippen LogP) is 2.72. The third kappa shape index (κ3) is 8.09. The Morgan fingerprint density at radius 1 is 0.758 bits per heavy atom. The summed E-state index contributed by atoms with van der Waals surface area (Å²) in [6.45, 7) is 0.616. The molecular formula is C26H30N2O5. The number of carbonyl (C=O) groups excluding carboxylic acids is 1. The summed E-state index contributed by atoms with van der Waals surface area (Å²) in [4.78, 5) is 12.6. The fraction of sp³-hybridized carbons (Fsp3) is 0.269. The van der Waals surface area contributed by atoms with Crippen LogP contribution < -0.4 is 11.3 Å². The number of nitrogens with two attached hydrogens (primary N) is 1. The normalized spacial score (nSPS) is 13.8. The fourth-order valence-electron chi connectivity index (χ4n) is 3.30. The van der Waals surface area contributed by atoms with Gasteiger partial charge in [-0.1, -0.05) is 91.0 Å². The number of amides is 1. The molecule has 33 heavy (non-hydrogen) atoms. The smallest absolute Gasteiger partial charge is 0.265 e. The highest BCUT2D eigenvalue weighted by atomic mass is 16.6. The van der Waals surface area contributed by atoms with Gasteiger partial charge in [0.25, 0.3) is 5.91 Å². The van der Waals surface area contributed by atoms with Crippen LogP contribution in [0.4, 0.5) is 0 Å². The summed E-state index contributed by atoms with van der Waals surface area (Å²) in [5.41, 5.74) is 4.87. The van der Waals surface area contributed by atoms with Crippen molar-refractivity contribution in [3.05, 3.63) is 108 Å². The lowest BCUT2D eigenvalue weighted by molar-refractivity contribution is -0.166. The Morgan fingerprint density at radius 2 is 1.21 bits per heavy atom. The first-order valence-electron chi connectivity index (χ1n) is 10.8. The first-order chi connectivity index (χ1) is 16.2. The zero-order valence-corrected chi connectivity index (χ0v) is 18.4. The van der Waals surface area contributed by atoms with Crippen molar-refractivity contribution < 1.29 is 24.1 Å². The van der Waals surface area contributed by atoms with E-state index >= 15 is 0 Å². The van der Waals surface area contributed by atoms with Crippen LogP contribution in [0, 0.1) is 0 Å². The number of carbonyl (C=O) groups is 1. The largest absolute Gasteiger partial charge is 0.388 e. The number of nitrogens with one attached hydrogen (secondary N) is 1. The predicted molar refractivity (Wildman–Crippen MR) is 124 cm³/mol. The summed E-state index contributed by atoms with van der Waals surface area (Å²) in [6, 6.07) is 28.5. The number of aliphatic hydroxyl groups is 1. The molecule has 4 N–H and O–H groups in total. The minimum atomic E-state index is -1.14. The fourth-order valence-corrected chi connectivity index (χ4v) is 3.30. The van der Waals surface area contributed by atoms with Crippen molar-refractivity contribution in [2.75, 3.05) is 6.61 Å². The molecule has 0 aliphatic heterocycles. The third-order valence-corrected chi connectivity index (χ3v) is 5.04. The Labute approximate surface area is 194 Å². The molecule has 0 aromatic heterocycles. The van der Waals surface area contributed by atoms with Crippen LogP contribution in [0.2, 0.25) is 0 Å². The molecule has 3 atom stereocenters. The average Bonchev–Trinajstić information content (AvgIpc) is 2.87. The number of hydrazine groups is 1. The topological polar surface area (TPSA) is 103 Å². The molecule has 1 amide bonds. The van der Waals surface area contributed by atoms with E-state index in [1.54, 1.807) is 0 Å². The highest BCUT2D eigenvalue weighted by molar-refractivity contribution is 5.81. The molecular weight excluding hydrogens is 420 g/mol. The van der Waals surface area contributed by atoms with E-state index in [1.165, 1.54) is 0 Å². The summed E-state index contributed by atoms with van der Waals surface area (Å²) in [6.07, 6.45) is -3.28. The summed E-state index contributed by atoms with van der Waals surface area (Å²) in [5.74, 6) is 4.82. The van der Waals surface area contributed by atoms with Crippen molar-refractivity contribution in [2.24, 2.45) is 5.84 Å². The van der Waals surface area contributed by atoms with Crippen LogP contribution in [0.3, 0.4) is 0 Å². The van der Waals surface area contributed by atoms with Crippen molar-refractivity contribution in [3.63, 3.8) is 0 Å².